The Morgan fingerprint density at radius 3 is 2.52 bits per heavy atom. The van der Waals surface area contributed by atoms with Crippen molar-refractivity contribution in [3.8, 4) is 11.5 Å². The van der Waals surface area contributed by atoms with Crippen LogP contribution in [0.5, 0.6) is 11.5 Å². The van der Waals surface area contributed by atoms with E-state index < -0.39 is 6.04 Å². The molecule has 0 aromatic heterocycles. The lowest BCUT2D eigenvalue weighted by atomic mass is 10.2. The highest BCUT2D eigenvalue weighted by molar-refractivity contribution is 5.86. The van der Waals surface area contributed by atoms with Crippen LogP contribution in [-0.2, 0) is 4.79 Å². The number of hydrazone groups is 1. The molecule has 2 aromatic carbocycles. The molecular formula is C19H23N3O3. The second-order valence-electron chi connectivity index (χ2n) is 5.53. The second-order valence-corrected chi connectivity index (χ2v) is 5.53. The van der Waals surface area contributed by atoms with Crippen molar-refractivity contribution >= 4 is 17.8 Å². The van der Waals surface area contributed by atoms with E-state index in [1.807, 2.05) is 37.3 Å². The number of ether oxygens (including phenoxy) is 2. The molecule has 132 valence electrons. The van der Waals surface area contributed by atoms with Gasteiger partial charge in [0, 0.05) is 5.69 Å². The summed E-state index contributed by atoms with van der Waals surface area (Å²) in [5, 5.41) is 7.17. The third-order valence-corrected chi connectivity index (χ3v) is 3.71. The number of carbonyl (C=O) groups excluding carboxylic acids is 1. The predicted molar refractivity (Wildman–Crippen MR) is 99.5 cm³/mol. The number of aryl methyl sites for hydroxylation is 1. The monoisotopic (exact) mass is 341 g/mol. The van der Waals surface area contributed by atoms with Crippen molar-refractivity contribution < 1.29 is 14.3 Å². The molecule has 1 amide bonds. The summed E-state index contributed by atoms with van der Waals surface area (Å²) in [6.07, 6.45) is 1.56. The van der Waals surface area contributed by atoms with Crippen molar-refractivity contribution in [1.29, 1.82) is 0 Å². The first-order valence-electron chi connectivity index (χ1n) is 7.92. The summed E-state index contributed by atoms with van der Waals surface area (Å²) in [6.45, 7) is 3.77. The number of nitrogens with one attached hydrogen (secondary N) is 2. The minimum absolute atomic E-state index is 0.222. The van der Waals surface area contributed by atoms with E-state index in [4.69, 9.17) is 9.47 Å². The van der Waals surface area contributed by atoms with Crippen molar-refractivity contribution in [1.82, 2.24) is 5.43 Å². The summed E-state index contributed by atoms with van der Waals surface area (Å²) in [6, 6.07) is 12.8. The van der Waals surface area contributed by atoms with Gasteiger partial charge in [0.25, 0.3) is 5.91 Å². The summed E-state index contributed by atoms with van der Waals surface area (Å²) in [7, 11) is 3.15. The van der Waals surface area contributed by atoms with Gasteiger partial charge in [0.15, 0.2) is 11.5 Å². The topological polar surface area (TPSA) is 72.0 Å². The van der Waals surface area contributed by atoms with Gasteiger partial charge < -0.3 is 14.8 Å². The minimum atomic E-state index is -0.413. The maximum absolute atomic E-state index is 12.1. The fraction of sp³-hybridized carbons (Fsp3) is 0.263. The molecule has 2 N–H and O–H groups in total. The van der Waals surface area contributed by atoms with Crippen molar-refractivity contribution in [2.75, 3.05) is 19.5 Å². The number of amides is 1. The first-order chi connectivity index (χ1) is 12.0. The maximum atomic E-state index is 12.1. The van der Waals surface area contributed by atoms with Crippen LogP contribution in [0.2, 0.25) is 0 Å². The molecule has 6 nitrogen and oxygen atoms in total. The number of hydrogen-bond acceptors (Lipinski definition) is 5. The molecule has 2 rings (SSSR count). The average Bonchev–Trinajstić information content (AvgIpc) is 2.63. The average molecular weight is 341 g/mol. The quantitative estimate of drug-likeness (QED) is 0.600. The number of hydrogen-bond donors (Lipinski definition) is 2. The van der Waals surface area contributed by atoms with Gasteiger partial charge in [-0.2, -0.15) is 5.10 Å². The lowest BCUT2D eigenvalue weighted by Gasteiger charge is -2.15. The van der Waals surface area contributed by atoms with E-state index in [-0.39, 0.29) is 5.91 Å². The number of anilines is 1. The lowest BCUT2D eigenvalue weighted by molar-refractivity contribution is -0.121. The molecule has 6 heteroatoms. The largest absolute Gasteiger partial charge is 0.493 e. The fourth-order valence-corrected chi connectivity index (χ4v) is 2.23. The molecule has 0 fully saturated rings. The molecule has 0 heterocycles. The third-order valence-electron chi connectivity index (χ3n) is 3.71. The number of methoxy groups -OCH3 is 2. The Labute approximate surface area is 147 Å². The van der Waals surface area contributed by atoms with Crippen molar-refractivity contribution in [2.24, 2.45) is 5.10 Å². The molecule has 0 unspecified atom stereocenters. The van der Waals surface area contributed by atoms with Crippen molar-refractivity contribution in [2.45, 2.75) is 19.9 Å². The SMILES string of the molecule is COc1ccc(/C=N\NC(=O)[C@H](C)Nc2ccccc2C)cc1OC. The van der Waals surface area contributed by atoms with Crippen molar-refractivity contribution in [3.05, 3.63) is 53.6 Å². The second kappa shape index (κ2) is 8.73. The van der Waals surface area contributed by atoms with Gasteiger partial charge in [-0.05, 0) is 49.2 Å². The Morgan fingerprint density at radius 1 is 1.12 bits per heavy atom. The zero-order valence-electron chi connectivity index (χ0n) is 14.9. The van der Waals surface area contributed by atoms with Crippen LogP contribution >= 0.6 is 0 Å². The van der Waals surface area contributed by atoms with Crippen LogP contribution in [-0.4, -0.2) is 32.4 Å². The van der Waals surface area contributed by atoms with Crippen LogP contribution in [0.15, 0.2) is 47.6 Å². The summed E-state index contributed by atoms with van der Waals surface area (Å²) in [5.41, 5.74) is 5.33. The molecule has 0 bridgehead atoms. The Balaban J connectivity index is 1.95. The van der Waals surface area contributed by atoms with Crippen LogP contribution < -0.4 is 20.2 Å². The van der Waals surface area contributed by atoms with Crippen molar-refractivity contribution in [3.63, 3.8) is 0 Å². The lowest BCUT2D eigenvalue weighted by Crippen LogP contribution is -2.35. The Kier molecular flexibility index (Phi) is 6.39. The summed E-state index contributed by atoms with van der Waals surface area (Å²) in [5.74, 6) is 1.02. The van der Waals surface area contributed by atoms with Gasteiger partial charge in [0.05, 0.1) is 20.4 Å². The normalized spacial score (nSPS) is 11.8. The first-order valence-corrected chi connectivity index (χ1v) is 7.92. The van der Waals surface area contributed by atoms with Gasteiger partial charge in [0.1, 0.15) is 6.04 Å². The number of benzene rings is 2. The molecule has 0 aliphatic carbocycles. The Bertz CT molecular complexity index is 759. The molecule has 0 aliphatic rings. The summed E-state index contributed by atoms with van der Waals surface area (Å²) in [4.78, 5) is 12.1. The smallest absolute Gasteiger partial charge is 0.262 e. The highest BCUT2D eigenvalue weighted by Crippen LogP contribution is 2.26. The van der Waals surface area contributed by atoms with Crippen LogP contribution in [0.4, 0.5) is 5.69 Å². The fourth-order valence-electron chi connectivity index (χ4n) is 2.23. The molecule has 1 atom stereocenters. The van der Waals surface area contributed by atoms with E-state index >= 15 is 0 Å². The van der Waals surface area contributed by atoms with Crippen LogP contribution in [0.25, 0.3) is 0 Å². The van der Waals surface area contributed by atoms with E-state index in [2.05, 4.69) is 15.8 Å². The molecular weight excluding hydrogens is 318 g/mol. The van der Waals surface area contributed by atoms with Crippen LogP contribution in [0.3, 0.4) is 0 Å². The standard InChI is InChI=1S/C19H23N3O3/c1-13-7-5-6-8-16(13)21-14(2)19(23)22-20-12-15-9-10-17(24-3)18(11-15)25-4/h5-12,14,21H,1-4H3,(H,22,23)/b20-12-/t14-/m0/s1. The minimum Gasteiger partial charge on any atom is -0.493 e. The number of para-hydroxylation sites is 1. The van der Waals surface area contributed by atoms with Gasteiger partial charge >= 0.3 is 0 Å². The molecule has 0 saturated heterocycles. The van der Waals surface area contributed by atoms with Gasteiger partial charge in [-0.3, -0.25) is 4.79 Å². The number of nitrogens with zero attached hydrogens (tertiary/aromatic N) is 1. The predicted octanol–water partition coefficient (Wildman–Crippen LogP) is 2.96. The first kappa shape index (κ1) is 18.3. The highest BCUT2D eigenvalue weighted by atomic mass is 16.5. The zero-order chi connectivity index (χ0) is 18.2. The number of rotatable bonds is 7. The molecule has 0 aliphatic heterocycles. The third kappa shape index (κ3) is 4.97. The van der Waals surface area contributed by atoms with Crippen LogP contribution in [0.1, 0.15) is 18.1 Å². The highest BCUT2D eigenvalue weighted by Gasteiger charge is 2.12. The molecule has 0 spiro atoms. The Hall–Kier alpha value is -3.02. The zero-order valence-corrected chi connectivity index (χ0v) is 14.9. The maximum Gasteiger partial charge on any atom is 0.262 e. The van der Waals surface area contributed by atoms with Gasteiger partial charge in [-0.15, -0.1) is 0 Å². The van der Waals surface area contributed by atoms with Gasteiger partial charge in [-0.25, -0.2) is 5.43 Å². The molecule has 25 heavy (non-hydrogen) atoms. The molecule has 2 aromatic rings. The summed E-state index contributed by atoms with van der Waals surface area (Å²) >= 11 is 0. The Morgan fingerprint density at radius 2 is 1.84 bits per heavy atom. The van der Waals surface area contributed by atoms with Gasteiger partial charge in [0.2, 0.25) is 0 Å². The molecule has 0 radical (unpaired) electrons. The molecule has 0 saturated carbocycles. The van der Waals surface area contributed by atoms with E-state index in [1.165, 1.54) is 0 Å². The van der Waals surface area contributed by atoms with E-state index in [9.17, 15) is 4.79 Å². The number of carbonyl (C=O) groups is 1. The van der Waals surface area contributed by atoms with E-state index in [1.54, 1.807) is 39.5 Å². The summed E-state index contributed by atoms with van der Waals surface area (Å²) < 4.78 is 10.4. The van der Waals surface area contributed by atoms with Gasteiger partial charge in [-0.1, -0.05) is 18.2 Å². The van der Waals surface area contributed by atoms with E-state index in [0.29, 0.717) is 11.5 Å². The van der Waals surface area contributed by atoms with E-state index in [0.717, 1.165) is 16.8 Å². The van der Waals surface area contributed by atoms with Crippen LogP contribution in [0, 0.1) is 6.92 Å².